The second-order valence-corrected chi connectivity index (χ2v) is 5.60. The van der Waals surface area contributed by atoms with Gasteiger partial charge in [0, 0.05) is 24.7 Å². The number of hydrogen-bond acceptors (Lipinski definition) is 5. The smallest absolute Gasteiger partial charge is 0.131 e. The normalized spacial score (nSPS) is 24.3. The summed E-state index contributed by atoms with van der Waals surface area (Å²) in [6.45, 7) is 2.12. The molecule has 5 nitrogen and oxygen atoms in total. The van der Waals surface area contributed by atoms with Crippen LogP contribution in [-0.4, -0.2) is 35.1 Å². The van der Waals surface area contributed by atoms with Crippen LogP contribution in [0.2, 0.25) is 0 Å². The minimum Gasteiger partial charge on any atom is -0.367 e. The molecule has 0 aromatic carbocycles. The predicted octanol–water partition coefficient (Wildman–Crippen LogP) is 1.99. The van der Waals surface area contributed by atoms with Crippen LogP contribution >= 0.6 is 0 Å². The molecule has 0 spiro atoms. The molecule has 19 heavy (non-hydrogen) atoms. The lowest BCUT2D eigenvalue weighted by Gasteiger charge is -2.23. The molecule has 0 bridgehead atoms. The molecule has 0 radical (unpaired) electrons. The average molecular weight is 261 g/mol. The lowest BCUT2D eigenvalue weighted by Crippen LogP contribution is -2.24. The number of rotatable bonds is 4. The van der Waals surface area contributed by atoms with E-state index in [2.05, 4.69) is 25.9 Å². The summed E-state index contributed by atoms with van der Waals surface area (Å²) in [5.74, 6) is 1.89. The average Bonchev–Trinajstić information content (AvgIpc) is 2.93. The minimum atomic E-state index is 0.498. The van der Waals surface area contributed by atoms with E-state index in [0.29, 0.717) is 12.1 Å². The first kappa shape index (κ1) is 12.7. The number of anilines is 2. The van der Waals surface area contributed by atoms with Gasteiger partial charge >= 0.3 is 0 Å². The van der Waals surface area contributed by atoms with E-state index in [1.807, 2.05) is 6.07 Å². The van der Waals surface area contributed by atoms with Crippen LogP contribution in [0, 0.1) is 0 Å². The zero-order valence-corrected chi connectivity index (χ0v) is 11.4. The van der Waals surface area contributed by atoms with E-state index in [9.17, 15) is 0 Å². The molecule has 2 aliphatic rings. The van der Waals surface area contributed by atoms with Crippen molar-refractivity contribution in [3.8, 4) is 0 Å². The summed E-state index contributed by atoms with van der Waals surface area (Å²) >= 11 is 0. The molecule has 104 valence electrons. The van der Waals surface area contributed by atoms with Crippen LogP contribution in [0.25, 0.3) is 0 Å². The Kier molecular flexibility index (Phi) is 4.13. The van der Waals surface area contributed by atoms with E-state index in [1.54, 1.807) is 6.33 Å². The lowest BCUT2D eigenvalue weighted by molar-refractivity contribution is 0.462. The Labute approximate surface area is 114 Å². The zero-order valence-electron chi connectivity index (χ0n) is 11.4. The van der Waals surface area contributed by atoms with Crippen LogP contribution in [-0.2, 0) is 0 Å². The number of nitrogens with zero attached hydrogens (tertiary/aromatic N) is 2. The Morgan fingerprint density at radius 1 is 0.947 bits per heavy atom. The topological polar surface area (TPSA) is 61.9 Å². The van der Waals surface area contributed by atoms with Gasteiger partial charge in [0.2, 0.25) is 0 Å². The molecule has 1 saturated heterocycles. The highest BCUT2D eigenvalue weighted by molar-refractivity contribution is 5.47. The van der Waals surface area contributed by atoms with E-state index >= 15 is 0 Å². The molecule has 3 rings (SSSR count). The van der Waals surface area contributed by atoms with Crippen molar-refractivity contribution in [2.45, 2.75) is 50.6 Å². The van der Waals surface area contributed by atoms with Gasteiger partial charge in [-0.25, -0.2) is 9.97 Å². The Bertz CT molecular complexity index is 397. The summed E-state index contributed by atoms with van der Waals surface area (Å²) in [5.41, 5.74) is 0. The summed E-state index contributed by atoms with van der Waals surface area (Å²) in [5, 5.41) is 10.4. The third kappa shape index (κ3) is 3.56. The standard InChI is InChI=1S/C14H23N5/c1-2-4-11(5-3-1)18-13-8-14(17-10-16-13)19-12-6-7-15-9-12/h8,10-12,15H,1-7,9H2,(H2,16,17,18,19). The molecule has 1 saturated carbocycles. The molecular weight excluding hydrogens is 238 g/mol. The maximum absolute atomic E-state index is 4.33. The van der Waals surface area contributed by atoms with Crippen molar-refractivity contribution < 1.29 is 0 Å². The van der Waals surface area contributed by atoms with Crippen LogP contribution in [0.5, 0.6) is 0 Å². The molecular formula is C14H23N5. The van der Waals surface area contributed by atoms with Gasteiger partial charge in [0.25, 0.3) is 0 Å². The van der Waals surface area contributed by atoms with Gasteiger partial charge in [-0.15, -0.1) is 0 Å². The number of aromatic nitrogens is 2. The molecule has 2 fully saturated rings. The molecule has 1 atom stereocenters. The van der Waals surface area contributed by atoms with Crippen molar-refractivity contribution in [1.29, 1.82) is 0 Å². The van der Waals surface area contributed by atoms with Crippen molar-refractivity contribution in [3.63, 3.8) is 0 Å². The molecule has 0 amide bonds. The number of nitrogens with one attached hydrogen (secondary N) is 3. The zero-order chi connectivity index (χ0) is 12.9. The van der Waals surface area contributed by atoms with E-state index in [-0.39, 0.29) is 0 Å². The third-order valence-corrected chi connectivity index (χ3v) is 4.04. The fraction of sp³-hybridized carbons (Fsp3) is 0.714. The van der Waals surface area contributed by atoms with E-state index < -0.39 is 0 Å². The highest BCUT2D eigenvalue weighted by Crippen LogP contribution is 2.21. The van der Waals surface area contributed by atoms with Crippen molar-refractivity contribution >= 4 is 11.6 Å². The fourth-order valence-electron chi connectivity index (χ4n) is 2.96. The summed E-state index contributed by atoms with van der Waals surface area (Å²) in [6.07, 6.45) is 9.39. The van der Waals surface area contributed by atoms with Gasteiger partial charge < -0.3 is 16.0 Å². The Balaban J connectivity index is 1.58. The summed E-state index contributed by atoms with van der Waals surface area (Å²) < 4.78 is 0. The maximum atomic E-state index is 4.33. The van der Waals surface area contributed by atoms with Gasteiger partial charge in [-0.2, -0.15) is 0 Å². The first-order chi connectivity index (χ1) is 9.40. The van der Waals surface area contributed by atoms with Gasteiger partial charge in [-0.1, -0.05) is 19.3 Å². The van der Waals surface area contributed by atoms with E-state index in [0.717, 1.165) is 31.1 Å². The van der Waals surface area contributed by atoms with Crippen molar-refractivity contribution in [2.75, 3.05) is 23.7 Å². The van der Waals surface area contributed by atoms with Crippen LogP contribution in [0.1, 0.15) is 38.5 Å². The highest BCUT2D eigenvalue weighted by atomic mass is 15.1. The minimum absolute atomic E-state index is 0.498. The van der Waals surface area contributed by atoms with Gasteiger partial charge in [0.1, 0.15) is 18.0 Å². The van der Waals surface area contributed by atoms with Gasteiger partial charge in [0.15, 0.2) is 0 Å². The molecule has 1 aromatic rings. The number of hydrogen-bond donors (Lipinski definition) is 3. The van der Waals surface area contributed by atoms with Gasteiger partial charge in [-0.05, 0) is 25.8 Å². The predicted molar refractivity (Wildman–Crippen MR) is 77.4 cm³/mol. The molecule has 3 N–H and O–H groups in total. The summed E-state index contributed by atoms with van der Waals surface area (Å²) in [4.78, 5) is 8.64. The monoisotopic (exact) mass is 261 g/mol. The summed E-state index contributed by atoms with van der Waals surface area (Å²) in [7, 11) is 0. The van der Waals surface area contributed by atoms with Crippen molar-refractivity contribution in [3.05, 3.63) is 12.4 Å². The van der Waals surface area contributed by atoms with Gasteiger partial charge in [0.05, 0.1) is 0 Å². The molecule has 2 heterocycles. The summed E-state index contributed by atoms with van der Waals surface area (Å²) in [6, 6.07) is 3.12. The van der Waals surface area contributed by atoms with E-state index in [4.69, 9.17) is 0 Å². The third-order valence-electron chi connectivity index (χ3n) is 4.04. The lowest BCUT2D eigenvalue weighted by atomic mass is 9.95. The second kappa shape index (κ2) is 6.19. The van der Waals surface area contributed by atoms with Crippen LogP contribution in [0.4, 0.5) is 11.6 Å². The van der Waals surface area contributed by atoms with E-state index in [1.165, 1.54) is 32.1 Å². The van der Waals surface area contributed by atoms with Crippen molar-refractivity contribution in [1.82, 2.24) is 15.3 Å². The second-order valence-electron chi connectivity index (χ2n) is 5.60. The fourth-order valence-corrected chi connectivity index (χ4v) is 2.96. The largest absolute Gasteiger partial charge is 0.367 e. The molecule has 1 aliphatic heterocycles. The quantitative estimate of drug-likeness (QED) is 0.774. The SMILES string of the molecule is c1nc(NC2CCCCC2)cc(NC2CCNC2)n1. The molecule has 1 aromatic heterocycles. The first-order valence-electron chi connectivity index (χ1n) is 7.46. The highest BCUT2D eigenvalue weighted by Gasteiger charge is 2.16. The first-order valence-corrected chi connectivity index (χ1v) is 7.46. The Hall–Kier alpha value is -1.36. The maximum Gasteiger partial charge on any atom is 0.131 e. The molecule has 1 unspecified atom stereocenters. The Morgan fingerprint density at radius 2 is 1.68 bits per heavy atom. The molecule has 1 aliphatic carbocycles. The van der Waals surface area contributed by atoms with Crippen LogP contribution in [0.15, 0.2) is 12.4 Å². The van der Waals surface area contributed by atoms with Crippen LogP contribution in [0.3, 0.4) is 0 Å². The molecule has 5 heteroatoms. The van der Waals surface area contributed by atoms with Gasteiger partial charge in [-0.3, -0.25) is 0 Å². The van der Waals surface area contributed by atoms with Crippen molar-refractivity contribution in [2.24, 2.45) is 0 Å². The Morgan fingerprint density at radius 3 is 2.37 bits per heavy atom. The van der Waals surface area contributed by atoms with Crippen LogP contribution < -0.4 is 16.0 Å².